The van der Waals surface area contributed by atoms with Crippen LogP contribution in [-0.2, 0) is 19.0 Å². The summed E-state index contributed by atoms with van der Waals surface area (Å²) in [7, 11) is 0. The molecule has 0 radical (unpaired) electrons. The number of aliphatic hydroxyl groups excluding tert-OH is 5. The van der Waals surface area contributed by atoms with E-state index in [0.29, 0.717) is 17.6 Å². The molecule has 9 nitrogen and oxygen atoms in total. The Morgan fingerprint density at radius 2 is 1.96 bits per heavy atom. The molecule has 2 rings (SSSR count). The van der Waals surface area contributed by atoms with Gasteiger partial charge < -0.3 is 39.7 Å². The molecule has 0 bridgehead atoms. The van der Waals surface area contributed by atoms with Gasteiger partial charge in [0, 0.05) is 6.42 Å². The summed E-state index contributed by atoms with van der Waals surface area (Å²) in [5.41, 5.74) is 1.36. The molecule has 0 aromatic carbocycles. The maximum atomic E-state index is 11.7. The van der Waals surface area contributed by atoms with Crippen molar-refractivity contribution in [1.82, 2.24) is 0 Å². The average Bonchev–Trinajstić information content (AvgIpc) is 2.62. The zero-order valence-electron chi connectivity index (χ0n) is 13.9. The molecule has 0 aromatic rings. The summed E-state index contributed by atoms with van der Waals surface area (Å²) in [5, 5.41) is 48.0. The highest BCUT2D eigenvalue weighted by Crippen LogP contribution is 2.27. The molecule has 5 N–H and O–H groups in total. The number of ether oxygens (including phenoxy) is 3. The highest BCUT2D eigenvalue weighted by atomic mass is 16.7. The van der Waals surface area contributed by atoms with Crippen molar-refractivity contribution in [3.8, 4) is 0 Å². The summed E-state index contributed by atoms with van der Waals surface area (Å²) in [6, 6.07) is 0. The second-order valence-corrected chi connectivity index (χ2v) is 5.82. The maximum absolute atomic E-state index is 11.7. The quantitative estimate of drug-likeness (QED) is 0.339. The van der Waals surface area contributed by atoms with Gasteiger partial charge in [-0.25, -0.2) is 4.79 Å². The van der Waals surface area contributed by atoms with Crippen LogP contribution in [0.1, 0.15) is 13.3 Å². The highest BCUT2D eigenvalue weighted by molar-refractivity contribution is 5.91. The van der Waals surface area contributed by atoms with E-state index in [9.17, 15) is 30.3 Å². The molecular formula is C16H24O9. The molecule has 0 saturated carbocycles. The van der Waals surface area contributed by atoms with Gasteiger partial charge in [0.2, 0.25) is 0 Å². The van der Waals surface area contributed by atoms with Crippen LogP contribution in [0.3, 0.4) is 0 Å². The van der Waals surface area contributed by atoms with Crippen LogP contribution >= 0.6 is 0 Å². The second-order valence-electron chi connectivity index (χ2n) is 5.82. The largest absolute Gasteiger partial charge is 0.462 e. The first kappa shape index (κ1) is 20.0. The molecular weight excluding hydrogens is 336 g/mol. The Bertz CT molecular complexity index is 540. The fourth-order valence-corrected chi connectivity index (χ4v) is 2.84. The van der Waals surface area contributed by atoms with E-state index < -0.39 is 49.9 Å². The first-order valence-corrected chi connectivity index (χ1v) is 8.02. The standard InChI is InChI=1S/C16H24O9/c1-2-8(9-3-4-23-15(22)10(9)5-17)7-24-16-14(21)13(20)12(19)11(6-18)25-16/h2,11-14,16-21H,3-7H2,1H3. The van der Waals surface area contributed by atoms with E-state index in [1.165, 1.54) is 0 Å². The van der Waals surface area contributed by atoms with Crippen LogP contribution in [0.4, 0.5) is 0 Å². The van der Waals surface area contributed by atoms with Crippen molar-refractivity contribution in [3.05, 3.63) is 22.8 Å². The molecule has 142 valence electrons. The van der Waals surface area contributed by atoms with Gasteiger partial charge in [0.25, 0.3) is 0 Å². The molecule has 2 heterocycles. The van der Waals surface area contributed by atoms with Gasteiger partial charge in [-0.2, -0.15) is 0 Å². The van der Waals surface area contributed by atoms with Gasteiger partial charge in [-0.05, 0) is 18.1 Å². The van der Waals surface area contributed by atoms with Crippen molar-refractivity contribution >= 4 is 5.97 Å². The van der Waals surface area contributed by atoms with Crippen LogP contribution in [0.25, 0.3) is 0 Å². The van der Waals surface area contributed by atoms with Gasteiger partial charge in [0.15, 0.2) is 6.29 Å². The lowest BCUT2D eigenvalue weighted by Gasteiger charge is -2.39. The van der Waals surface area contributed by atoms with E-state index in [4.69, 9.17) is 14.2 Å². The van der Waals surface area contributed by atoms with Crippen LogP contribution in [0.2, 0.25) is 0 Å². The van der Waals surface area contributed by atoms with Crippen molar-refractivity contribution in [2.45, 2.75) is 44.1 Å². The first-order chi connectivity index (χ1) is 11.9. The van der Waals surface area contributed by atoms with Gasteiger partial charge in [-0.1, -0.05) is 6.08 Å². The Hall–Kier alpha value is -1.33. The molecule has 5 unspecified atom stereocenters. The van der Waals surface area contributed by atoms with Crippen molar-refractivity contribution in [1.29, 1.82) is 0 Å². The molecule has 0 aromatic heterocycles. The topological polar surface area (TPSA) is 146 Å². The predicted molar refractivity (Wildman–Crippen MR) is 83.2 cm³/mol. The lowest BCUT2D eigenvalue weighted by atomic mass is 9.95. The van der Waals surface area contributed by atoms with E-state index in [1.54, 1.807) is 13.0 Å². The number of hydrogen-bond donors (Lipinski definition) is 5. The van der Waals surface area contributed by atoms with E-state index in [2.05, 4.69) is 0 Å². The minimum Gasteiger partial charge on any atom is -0.462 e. The first-order valence-electron chi connectivity index (χ1n) is 8.02. The van der Waals surface area contributed by atoms with Crippen molar-refractivity contribution < 1.29 is 44.5 Å². The second kappa shape index (κ2) is 8.86. The van der Waals surface area contributed by atoms with Crippen molar-refractivity contribution in [3.63, 3.8) is 0 Å². The van der Waals surface area contributed by atoms with E-state index in [0.717, 1.165) is 0 Å². The molecule has 2 aliphatic heterocycles. The number of carbonyl (C=O) groups is 1. The van der Waals surface area contributed by atoms with Gasteiger partial charge in [0.05, 0.1) is 32.0 Å². The van der Waals surface area contributed by atoms with E-state index in [1.807, 2.05) is 0 Å². The third kappa shape index (κ3) is 4.26. The molecule has 5 atom stereocenters. The summed E-state index contributed by atoms with van der Waals surface area (Å²) in [6.07, 6.45) is -4.70. The number of carbonyl (C=O) groups excluding carboxylic acids is 1. The van der Waals surface area contributed by atoms with Gasteiger partial charge in [-0.3, -0.25) is 0 Å². The Morgan fingerprint density at radius 1 is 1.24 bits per heavy atom. The molecule has 25 heavy (non-hydrogen) atoms. The number of esters is 1. The molecule has 0 aliphatic carbocycles. The van der Waals surface area contributed by atoms with E-state index in [-0.39, 0.29) is 18.8 Å². The fraction of sp³-hybridized carbons (Fsp3) is 0.688. The summed E-state index contributed by atoms with van der Waals surface area (Å²) in [6.45, 7) is 0.840. The lowest BCUT2D eigenvalue weighted by molar-refractivity contribution is -0.298. The van der Waals surface area contributed by atoms with Crippen LogP contribution in [0.5, 0.6) is 0 Å². The minimum atomic E-state index is -1.53. The predicted octanol–water partition coefficient (Wildman–Crippen LogP) is -2.01. The molecule has 0 spiro atoms. The molecule has 0 amide bonds. The number of cyclic esters (lactones) is 1. The van der Waals surface area contributed by atoms with Crippen molar-refractivity contribution in [2.75, 3.05) is 26.4 Å². The molecule has 1 fully saturated rings. The Balaban J connectivity index is 2.09. The lowest BCUT2D eigenvalue weighted by Crippen LogP contribution is -2.59. The number of allylic oxidation sites excluding steroid dienone is 1. The molecule has 1 saturated heterocycles. The van der Waals surface area contributed by atoms with Gasteiger partial charge in [-0.15, -0.1) is 0 Å². The summed E-state index contributed by atoms with van der Waals surface area (Å²) >= 11 is 0. The van der Waals surface area contributed by atoms with Gasteiger partial charge >= 0.3 is 5.97 Å². The third-order valence-corrected chi connectivity index (χ3v) is 4.34. The van der Waals surface area contributed by atoms with Crippen LogP contribution in [0, 0.1) is 0 Å². The zero-order valence-corrected chi connectivity index (χ0v) is 13.9. The zero-order chi connectivity index (χ0) is 18.6. The normalized spacial score (nSPS) is 34.2. The Morgan fingerprint density at radius 3 is 2.56 bits per heavy atom. The van der Waals surface area contributed by atoms with Crippen molar-refractivity contribution in [2.24, 2.45) is 0 Å². The monoisotopic (exact) mass is 360 g/mol. The highest BCUT2D eigenvalue weighted by Gasteiger charge is 2.44. The third-order valence-electron chi connectivity index (χ3n) is 4.34. The number of aliphatic hydroxyl groups is 5. The number of rotatable bonds is 6. The Labute approximate surface area is 144 Å². The van der Waals surface area contributed by atoms with E-state index >= 15 is 0 Å². The number of hydrogen-bond acceptors (Lipinski definition) is 9. The average molecular weight is 360 g/mol. The van der Waals surface area contributed by atoms with Crippen LogP contribution < -0.4 is 0 Å². The summed E-state index contributed by atoms with van der Waals surface area (Å²) in [4.78, 5) is 11.7. The molecule has 9 heteroatoms. The van der Waals surface area contributed by atoms with Gasteiger partial charge in [0.1, 0.15) is 24.4 Å². The Kier molecular flexibility index (Phi) is 7.08. The summed E-state index contributed by atoms with van der Waals surface area (Å²) in [5.74, 6) is -0.587. The smallest absolute Gasteiger partial charge is 0.336 e. The fourth-order valence-electron chi connectivity index (χ4n) is 2.84. The SMILES string of the molecule is CC=C(COC1OC(CO)C(O)C(O)C1O)C1=C(CO)C(=O)OCC1. The van der Waals surface area contributed by atoms with Crippen LogP contribution in [0.15, 0.2) is 22.8 Å². The summed E-state index contributed by atoms with van der Waals surface area (Å²) < 4.78 is 15.7. The molecule has 2 aliphatic rings. The van der Waals surface area contributed by atoms with Crippen LogP contribution in [-0.4, -0.2) is 88.6 Å². The maximum Gasteiger partial charge on any atom is 0.336 e. The minimum absolute atomic E-state index is 0.0642.